The van der Waals surface area contributed by atoms with E-state index >= 15 is 0 Å². The Morgan fingerprint density at radius 3 is 2.56 bits per heavy atom. The van der Waals surface area contributed by atoms with Gasteiger partial charge in [0.1, 0.15) is 18.2 Å². The molecule has 0 saturated carbocycles. The van der Waals surface area contributed by atoms with Crippen LogP contribution in [0, 0.1) is 11.6 Å². The molecule has 0 atom stereocenters. The van der Waals surface area contributed by atoms with Gasteiger partial charge in [-0.3, -0.25) is 0 Å². The van der Waals surface area contributed by atoms with Gasteiger partial charge in [0.25, 0.3) is 0 Å². The molecule has 0 aromatic heterocycles. The van der Waals surface area contributed by atoms with Crippen LogP contribution >= 0.6 is 15.9 Å². The molecule has 0 aliphatic rings. The van der Waals surface area contributed by atoms with Crippen LogP contribution in [0.5, 0.6) is 11.5 Å². The molecule has 2 aromatic rings. The largest absolute Gasteiger partial charge is 0.504 e. The number of rotatable bonds is 3. The second-order valence-corrected chi connectivity index (χ2v) is 4.43. The predicted octanol–water partition coefficient (Wildman–Crippen LogP) is 4.01. The summed E-state index contributed by atoms with van der Waals surface area (Å²) in [5.41, 5.74) is -0.187. The molecule has 0 spiro atoms. The minimum Gasteiger partial charge on any atom is -0.504 e. The fraction of sp³-hybridized carbons (Fsp3) is 0.0769. The third-order valence-electron chi connectivity index (χ3n) is 2.38. The van der Waals surface area contributed by atoms with Gasteiger partial charge >= 0.3 is 0 Å². The molecule has 0 bridgehead atoms. The molecule has 5 heteroatoms. The Morgan fingerprint density at radius 1 is 1.11 bits per heavy atom. The number of para-hydroxylation sites is 2. The van der Waals surface area contributed by atoms with E-state index in [0.29, 0.717) is 0 Å². The lowest BCUT2D eigenvalue weighted by Gasteiger charge is -2.10. The minimum atomic E-state index is -0.703. The Labute approximate surface area is 111 Å². The van der Waals surface area contributed by atoms with Gasteiger partial charge in [-0.2, -0.15) is 0 Å². The molecule has 0 radical (unpaired) electrons. The number of aromatic hydroxyl groups is 1. The van der Waals surface area contributed by atoms with Crippen LogP contribution in [0.1, 0.15) is 5.56 Å². The zero-order chi connectivity index (χ0) is 13.1. The Balaban J connectivity index is 2.21. The van der Waals surface area contributed by atoms with Gasteiger partial charge in [-0.15, -0.1) is 0 Å². The smallest absolute Gasteiger partial charge is 0.161 e. The lowest BCUT2D eigenvalue weighted by atomic mass is 10.2. The third kappa shape index (κ3) is 2.61. The Morgan fingerprint density at radius 2 is 1.83 bits per heavy atom. The summed E-state index contributed by atoms with van der Waals surface area (Å²) in [4.78, 5) is 0. The molecule has 0 fully saturated rings. The highest BCUT2D eigenvalue weighted by Gasteiger charge is 2.13. The van der Waals surface area contributed by atoms with Crippen molar-refractivity contribution in [2.45, 2.75) is 6.61 Å². The van der Waals surface area contributed by atoms with Crippen molar-refractivity contribution in [3.8, 4) is 11.5 Å². The van der Waals surface area contributed by atoms with Crippen molar-refractivity contribution < 1.29 is 18.6 Å². The number of phenolic OH excluding ortho intramolecular Hbond substituents is 1. The van der Waals surface area contributed by atoms with Crippen molar-refractivity contribution in [2.24, 2.45) is 0 Å². The number of hydrogen-bond donors (Lipinski definition) is 1. The van der Waals surface area contributed by atoms with E-state index in [-0.39, 0.29) is 28.1 Å². The van der Waals surface area contributed by atoms with Crippen LogP contribution in [0.25, 0.3) is 0 Å². The molecule has 1 N–H and O–H groups in total. The molecule has 18 heavy (non-hydrogen) atoms. The molecule has 0 unspecified atom stereocenters. The summed E-state index contributed by atoms with van der Waals surface area (Å²) in [5, 5.41) is 9.46. The minimum absolute atomic E-state index is 0.0756. The molecule has 2 nitrogen and oxygen atoms in total. The SMILES string of the molecule is Oc1ccccc1OCc1c(F)ccc(Br)c1F. The van der Waals surface area contributed by atoms with E-state index < -0.39 is 11.6 Å². The highest BCUT2D eigenvalue weighted by Crippen LogP contribution is 2.27. The van der Waals surface area contributed by atoms with Crippen molar-refractivity contribution in [3.05, 3.63) is 58.1 Å². The summed E-state index contributed by atoms with van der Waals surface area (Å²) in [6, 6.07) is 8.67. The average molecular weight is 315 g/mol. The van der Waals surface area contributed by atoms with Crippen LogP contribution in [0.4, 0.5) is 8.78 Å². The quantitative estimate of drug-likeness (QED) is 0.867. The maximum Gasteiger partial charge on any atom is 0.161 e. The van der Waals surface area contributed by atoms with Crippen molar-refractivity contribution in [2.75, 3.05) is 0 Å². The van der Waals surface area contributed by atoms with Gasteiger partial charge in [0, 0.05) is 0 Å². The van der Waals surface area contributed by atoms with E-state index in [9.17, 15) is 13.9 Å². The van der Waals surface area contributed by atoms with E-state index in [1.165, 1.54) is 18.2 Å². The fourth-order valence-electron chi connectivity index (χ4n) is 1.43. The van der Waals surface area contributed by atoms with Gasteiger partial charge in [0.05, 0.1) is 10.0 Å². The van der Waals surface area contributed by atoms with E-state index in [0.717, 1.165) is 6.07 Å². The molecule has 0 amide bonds. The van der Waals surface area contributed by atoms with Gasteiger partial charge in [0.15, 0.2) is 11.5 Å². The standard InChI is InChI=1S/C13H9BrF2O2/c14-9-5-6-10(15)8(13(9)16)7-18-12-4-2-1-3-11(12)17/h1-6,17H,7H2. The lowest BCUT2D eigenvalue weighted by Crippen LogP contribution is -2.02. The van der Waals surface area contributed by atoms with Crippen LogP contribution in [0.2, 0.25) is 0 Å². The zero-order valence-electron chi connectivity index (χ0n) is 9.16. The number of phenols is 1. The first-order valence-electron chi connectivity index (χ1n) is 5.12. The third-order valence-corrected chi connectivity index (χ3v) is 2.99. The van der Waals surface area contributed by atoms with Crippen LogP contribution in [-0.2, 0) is 6.61 Å². The molecule has 2 rings (SSSR count). The highest BCUT2D eigenvalue weighted by atomic mass is 79.9. The fourth-order valence-corrected chi connectivity index (χ4v) is 1.80. The van der Waals surface area contributed by atoms with Gasteiger partial charge in [0.2, 0.25) is 0 Å². The average Bonchev–Trinajstić information content (AvgIpc) is 2.36. The van der Waals surface area contributed by atoms with E-state index in [1.54, 1.807) is 12.1 Å². The van der Waals surface area contributed by atoms with E-state index in [4.69, 9.17) is 4.74 Å². The Hall–Kier alpha value is -1.62. The first-order valence-corrected chi connectivity index (χ1v) is 5.92. The normalized spacial score (nSPS) is 10.4. The molecule has 0 aliphatic heterocycles. The maximum absolute atomic E-state index is 13.6. The van der Waals surface area contributed by atoms with Gasteiger partial charge in [-0.25, -0.2) is 8.78 Å². The first-order chi connectivity index (χ1) is 8.59. The van der Waals surface area contributed by atoms with Crippen LogP contribution in [0.3, 0.4) is 0 Å². The second kappa shape index (κ2) is 5.35. The molecule has 0 heterocycles. The number of halogens is 3. The first kappa shape index (κ1) is 12.8. The summed E-state index contributed by atoms with van der Waals surface area (Å²) in [6.07, 6.45) is 0. The van der Waals surface area contributed by atoms with Crippen molar-refractivity contribution in [3.63, 3.8) is 0 Å². The monoisotopic (exact) mass is 314 g/mol. The van der Waals surface area contributed by atoms with Crippen LogP contribution in [0.15, 0.2) is 40.9 Å². The molecular weight excluding hydrogens is 306 g/mol. The lowest BCUT2D eigenvalue weighted by molar-refractivity contribution is 0.277. The number of ether oxygens (including phenoxy) is 1. The second-order valence-electron chi connectivity index (χ2n) is 3.58. The number of hydrogen-bond acceptors (Lipinski definition) is 2. The summed E-state index contributed by atoms with van der Waals surface area (Å²) in [6.45, 7) is -0.297. The molecular formula is C13H9BrF2O2. The van der Waals surface area contributed by atoms with Gasteiger partial charge < -0.3 is 9.84 Å². The van der Waals surface area contributed by atoms with E-state index in [2.05, 4.69) is 15.9 Å². The summed E-state index contributed by atoms with van der Waals surface area (Å²) in [5.74, 6) is -1.29. The zero-order valence-corrected chi connectivity index (χ0v) is 10.7. The van der Waals surface area contributed by atoms with E-state index in [1.807, 2.05) is 0 Å². The maximum atomic E-state index is 13.6. The molecule has 0 saturated heterocycles. The Bertz CT molecular complexity index is 573. The predicted molar refractivity (Wildman–Crippen MR) is 66.5 cm³/mol. The Kier molecular flexibility index (Phi) is 3.81. The van der Waals surface area contributed by atoms with Gasteiger partial charge in [-0.05, 0) is 40.2 Å². The van der Waals surface area contributed by atoms with Crippen LogP contribution < -0.4 is 4.74 Å². The van der Waals surface area contributed by atoms with Crippen molar-refractivity contribution in [1.82, 2.24) is 0 Å². The van der Waals surface area contributed by atoms with Crippen molar-refractivity contribution >= 4 is 15.9 Å². The summed E-state index contributed by atoms with van der Waals surface area (Å²) in [7, 11) is 0. The molecule has 0 aliphatic carbocycles. The summed E-state index contributed by atoms with van der Waals surface area (Å²) < 4.78 is 32.4. The highest BCUT2D eigenvalue weighted by molar-refractivity contribution is 9.10. The summed E-state index contributed by atoms with van der Waals surface area (Å²) >= 11 is 2.97. The topological polar surface area (TPSA) is 29.5 Å². The van der Waals surface area contributed by atoms with Gasteiger partial charge in [-0.1, -0.05) is 12.1 Å². The molecule has 2 aromatic carbocycles. The number of benzene rings is 2. The van der Waals surface area contributed by atoms with Crippen molar-refractivity contribution in [1.29, 1.82) is 0 Å². The molecule has 94 valence electrons. The van der Waals surface area contributed by atoms with Crippen LogP contribution in [-0.4, -0.2) is 5.11 Å².